The number of Topliss-reactive ketones (excluding diaryl/α,β-unsaturated/α-hetero) is 1. The van der Waals surface area contributed by atoms with E-state index in [1.807, 2.05) is 0 Å². The summed E-state index contributed by atoms with van der Waals surface area (Å²) in [5.74, 6) is -2.87. The maximum Gasteiger partial charge on any atom is 0.341 e. The molecule has 1 heterocycles. The van der Waals surface area contributed by atoms with E-state index in [9.17, 15) is 14.4 Å². The number of carboxylic acids is 1. The van der Waals surface area contributed by atoms with Crippen LogP contribution in [-0.4, -0.2) is 33.9 Å². The number of nitrogens with two attached hydrogens (primary N) is 1. The highest BCUT2D eigenvalue weighted by Crippen LogP contribution is 2.34. The molecule has 2 aromatic rings. The third-order valence-corrected chi connectivity index (χ3v) is 3.43. The number of ketones is 1. The average Bonchev–Trinajstić information content (AvgIpc) is 2.78. The smallest absolute Gasteiger partial charge is 0.341 e. The van der Waals surface area contributed by atoms with Gasteiger partial charge < -0.3 is 20.1 Å². The highest BCUT2D eigenvalue weighted by atomic mass is 16.5. The predicted molar refractivity (Wildman–Crippen MR) is 83.5 cm³/mol. The van der Waals surface area contributed by atoms with Gasteiger partial charge in [-0.05, 0) is 19.1 Å². The van der Waals surface area contributed by atoms with Crippen molar-refractivity contribution >= 4 is 28.6 Å². The van der Waals surface area contributed by atoms with Gasteiger partial charge >= 0.3 is 5.97 Å². The van der Waals surface area contributed by atoms with Gasteiger partial charge in [0.2, 0.25) is 0 Å². The molecule has 23 heavy (non-hydrogen) atoms. The van der Waals surface area contributed by atoms with E-state index in [-0.39, 0.29) is 11.3 Å². The van der Waals surface area contributed by atoms with Gasteiger partial charge in [0.25, 0.3) is 11.7 Å². The number of hydrogen-bond acceptors (Lipinski definition) is 4. The molecule has 3 N–H and O–H groups in total. The number of rotatable bonds is 7. The van der Waals surface area contributed by atoms with E-state index in [1.54, 1.807) is 35.8 Å². The average molecular weight is 316 g/mol. The number of fused-ring (bicyclic) bond motifs is 1. The number of carboxylic acid groups (broad SMARTS) is 1. The van der Waals surface area contributed by atoms with Crippen LogP contribution in [0.2, 0.25) is 0 Å². The van der Waals surface area contributed by atoms with E-state index in [0.29, 0.717) is 23.1 Å². The molecule has 0 aliphatic heterocycles. The monoisotopic (exact) mass is 316 g/mol. The third-order valence-electron chi connectivity index (χ3n) is 3.43. The number of amides is 1. The molecule has 7 nitrogen and oxygen atoms in total. The Morgan fingerprint density at radius 1 is 1.39 bits per heavy atom. The lowest BCUT2D eigenvalue weighted by molar-refractivity contribution is -0.139. The van der Waals surface area contributed by atoms with Gasteiger partial charge in [0.15, 0.2) is 6.61 Å². The van der Waals surface area contributed by atoms with Crippen LogP contribution in [0.25, 0.3) is 10.9 Å². The Bertz CT molecular complexity index is 819. The van der Waals surface area contributed by atoms with Crippen molar-refractivity contribution < 1.29 is 24.2 Å². The van der Waals surface area contributed by atoms with Crippen molar-refractivity contribution in [1.82, 2.24) is 4.57 Å². The lowest BCUT2D eigenvalue weighted by Gasteiger charge is -2.07. The molecule has 0 aliphatic carbocycles. The van der Waals surface area contributed by atoms with Gasteiger partial charge in [-0.3, -0.25) is 9.59 Å². The van der Waals surface area contributed by atoms with Crippen LogP contribution in [0.4, 0.5) is 0 Å². The Morgan fingerprint density at radius 2 is 2.09 bits per heavy atom. The van der Waals surface area contributed by atoms with E-state index in [4.69, 9.17) is 15.6 Å². The van der Waals surface area contributed by atoms with Crippen LogP contribution in [-0.2, 0) is 16.1 Å². The van der Waals surface area contributed by atoms with Crippen molar-refractivity contribution in [3.05, 3.63) is 42.1 Å². The first kappa shape index (κ1) is 16.3. The number of hydrogen-bond donors (Lipinski definition) is 2. The van der Waals surface area contributed by atoms with Crippen LogP contribution in [0, 0.1) is 6.92 Å². The Balaban J connectivity index is 2.77. The zero-order valence-electron chi connectivity index (χ0n) is 12.5. The van der Waals surface area contributed by atoms with Crippen molar-refractivity contribution in [2.75, 3.05) is 6.61 Å². The molecule has 0 radical (unpaired) electrons. The number of carbonyl (C=O) groups is 3. The number of ether oxygens (including phenoxy) is 1. The Kier molecular flexibility index (Phi) is 4.49. The second-order valence-electron chi connectivity index (χ2n) is 4.89. The SMILES string of the molecule is C=CCn1c(C)c(C(=O)C(N)=O)c2c(OCC(=O)O)cccc21. The largest absolute Gasteiger partial charge is 0.481 e. The van der Waals surface area contributed by atoms with Crippen molar-refractivity contribution in [2.45, 2.75) is 13.5 Å². The minimum atomic E-state index is -1.15. The molecule has 0 saturated carbocycles. The first-order valence-corrected chi connectivity index (χ1v) is 6.79. The minimum absolute atomic E-state index is 0.121. The van der Waals surface area contributed by atoms with Crippen molar-refractivity contribution in [1.29, 1.82) is 0 Å². The second-order valence-corrected chi connectivity index (χ2v) is 4.89. The molecule has 0 bridgehead atoms. The fourth-order valence-corrected chi connectivity index (χ4v) is 2.52. The van der Waals surface area contributed by atoms with Gasteiger partial charge in [-0.25, -0.2) is 4.79 Å². The molecule has 120 valence electrons. The second kappa shape index (κ2) is 6.35. The molecule has 7 heteroatoms. The van der Waals surface area contributed by atoms with Crippen LogP contribution in [0.3, 0.4) is 0 Å². The Hall–Kier alpha value is -3.09. The minimum Gasteiger partial charge on any atom is -0.481 e. The molecule has 0 spiro atoms. The summed E-state index contributed by atoms with van der Waals surface area (Å²) in [6.07, 6.45) is 1.65. The lowest BCUT2D eigenvalue weighted by atomic mass is 10.1. The quantitative estimate of drug-likeness (QED) is 0.454. The molecule has 0 unspecified atom stereocenters. The van der Waals surface area contributed by atoms with Crippen molar-refractivity contribution in [3.8, 4) is 5.75 Å². The summed E-state index contributed by atoms with van der Waals surface area (Å²) in [5.41, 5.74) is 6.42. The van der Waals surface area contributed by atoms with Gasteiger partial charge in [0.1, 0.15) is 5.75 Å². The Morgan fingerprint density at radius 3 is 2.65 bits per heavy atom. The van der Waals surface area contributed by atoms with E-state index < -0.39 is 24.3 Å². The number of nitrogens with zero attached hydrogens (tertiary/aromatic N) is 1. The summed E-state index contributed by atoms with van der Waals surface area (Å²) in [5, 5.41) is 9.15. The Labute approximate surface area is 131 Å². The number of benzene rings is 1. The predicted octanol–water partition coefficient (Wildman–Crippen LogP) is 1.27. The van der Waals surface area contributed by atoms with E-state index in [1.165, 1.54) is 0 Å². The van der Waals surface area contributed by atoms with Crippen LogP contribution in [0.5, 0.6) is 5.75 Å². The van der Waals surface area contributed by atoms with Gasteiger partial charge in [0, 0.05) is 12.2 Å². The topological polar surface area (TPSA) is 112 Å². The summed E-state index contributed by atoms with van der Waals surface area (Å²) >= 11 is 0. The van der Waals surface area contributed by atoms with Crippen molar-refractivity contribution in [3.63, 3.8) is 0 Å². The molecular weight excluding hydrogens is 300 g/mol. The normalized spacial score (nSPS) is 10.5. The summed E-state index contributed by atoms with van der Waals surface area (Å²) < 4.78 is 7.04. The molecule has 2 rings (SSSR count). The van der Waals surface area contributed by atoms with E-state index >= 15 is 0 Å². The van der Waals surface area contributed by atoms with Crippen LogP contribution >= 0.6 is 0 Å². The first-order chi connectivity index (χ1) is 10.9. The highest BCUT2D eigenvalue weighted by molar-refractivity contribution is 6.45. The van der Waals surface area contributed by atoms with Gasteiger partial charge in [-0.15, -0.1) is 6.58 Å². The molecule has 1 aromatic heterocycles. The van der Waals surface area contributed by atoms with E-state index in [0.717, 1.165) is 0 Å². The zero-order chi connectivity index (χ0) is 17.1. The summed E-state index contributed by atoms with van der Waals surface area (Å²) in [4.78, 5) is 34.3. The first-order valence-electron chi connectivity index (χ1n) is 6.79. The molecule has 0 atom stereocenters. The summed E-state index contributed by atoms with van der Waals surface area (Å²) in [6.45, 7) is 5.20. The van der Waals surface area contributed by atoms with Crippen molar-refractivity contribution in [2.24, 2.45) is 5.73 Å². The summed E-state index contributed by atoms with van der Waals surface area (Å²) in [7, 11) is 0. The lowest BCUT2D eigenvalue weighted by Crippen LogP contribution is -2.24. The molecule has 0 fully saturated rings. The zero-order valence-corrected chi connectivity index (χ0v) is 12.5. The van der Waals surface area contributed by atoms with Gasteiger partial charge in [0.05, 0.1) is 16.5 Å². The molecule has 1 aromatic carbocycles. The third kappa shape index (κ3) is 2.94. The maximum atomic E-state index is 12.2. The van der Waals surface area contributed by atoms with Gasteiger partial charge in [-0.1, -0.05) is 12.1 Å². The molecular formula is C16H16N2O5. The molecule has 1 amide bonds. The van der Waals surface area contributed by atoms with Crippen LogP contribution in [0.1, 0.15) is 16.1 Å². The fraction of sp³-hybridized carbons (Fsp3) is 0.188. The number of carbonyl (C=O) groups excluding carboxylic acids is 2. The highest BCUT2D eigenvalue weighted by Gasteiger charge is 2.25. The standard InChI is InChI=1S/C16H16N2O5/c1-3-7-18-9(2)13(15(21)16(17)22)14-10(18)5-4-6-11(14)23-8-12(19)20/h3-6H,1,7-8H2,2H3,(H2,17,22)(H,19,20). The number of primary amides is 1. The van der Waals surface area contributed by atoms with Crippen LogP contribution < -0.4 is 10.5 Å². The number of allylic oxidation sites excluding steroid dienone is 1. The number of aromatic nitrogens is 1. The maximum absolute atomic E-state index is 12.2. The fourth-order valence-electron chi connectivity index (χ4n) is 2.52. The molecule has 0 aliphatic rings. The van der Waals surface area contributed by atoms with Crippen LogP contribution in [0.15, 0.2) is 30.9 Å². The van der Waals surface area contributed by atoms with E-state index in [2.05, 4.69) is 6.58 Å². The summed E-state index contributed by atoms with van der Waals surface area (Å²) in [6, 6.07) is 4.97. The number of aliphatic carboxylic acids is 1. The van der Waals surface area contributed by atoms with Gasteiger partial charge in [-0.2, -0.15) is 0 Å². The molecule has 0 saturated heterocycles.